The number of likely N-dealkylation sites (tertiary alicyclic amines) is 1. The fourth-order valence-corrected chi connectivity index (χ4v) is 5.30. The number of halogens is 3. The van der Waals surface area contributed by atoms with Crippen LogP contribution < -0.4 is 15.8 Å². The Labute approximate surface area is 192 Å². The maximum atomic E-state index is 12.8. The number of piperidine rings is 1. The molecule has 164 valence electrons. The molecule has 1 fully saturated rings. The molecule has 1 aromatic heterocycles. The number of fused-ring (bicyclic) bond motifs is 4. The summed E-state index contributed by atoms with van der Waals surface area (Å²) in [5, 5.41) is 13.8. The van der Waals surface area contributed by atoms with Crippen LogP contribution in [-0.2, 0) is 6.54 Å². The zero-order valence-electron chi connectivity index (χ0n) is 16.3. The van der Waals surface area contributed by atoms with E-state index in [2.05, 4.69) is 5.32 Å². The number of hydrogen-bond acceptors (Lipinski definition) is 4. The van der Waals surface area contributed by atoms with Gasteiger partial charge in [-0.3, -0.25) is 25.0 Å². The highest BCUT2D eigenvalue weighted by Gasteiger charge is 2.47. The third kappa shape index (κ3) is 4.57. The van der Waals surface area contributed by atoms with Crippen LogP contribution in [0.25, 0.3) is 0 Å². The Balaban J connectivity index is 1.58. The van der Waals surface area contributed by atoms with Gasteiger partial charge in [0.15, 0.2) is 0 Å². The minimum atomic E-state index is -1.80. The van der Waals surface area contributed by atoms with Gasteiger partial charge in [0, 0.05) is 47.8 Å². The van der Waals surface area contributed by atoms with E-state index in [1.807, 2.05) is 10.6 Å². The van der Waals surface area contributed by atoms with Crippen molar-refractivity contribution >= 4 is 46.4 Å². The molecule has 11 heteroatoms. The quantitative estimate of drug-likeness (QED) is 0.392. The molecule has 3 heterocycles. The van der Waals surface area contributed by atoms with Gasteiger partial charge in [-0.25, -0.2) is 0 Å². The second-order valence-corrected chi connectivity index (χ2v) is 10.4. The molecule has 2 N–H and O–H groups in total. The molecule has 2 aromatic rings. The molecule has 0 spiro atoms. The second-order valence-electron chi connectivity index (χ2n) is 8.02. The molecular formula is C20H20Cl3N4O4+. The summed E-state index contributed by atoms with van der Waals surface area (Å²) in [5.41, 5.74) is 0.850. The van der Waals surface area contributed by atoms with Crippen LogP contribution in [0.2, 0.25) is 0 Å². The van der Waals surface area contributed by atoms with E-state index >= 15 is 0 Å². The molecule has 2 bridgehead atoms. The minimum absolute atomic E-state index is 0.0208. The van der Waals surface area contributed by atoms with E-state index in [9.17, 15) is 19.7 Å². The Bertz CT molecular complexity index is 1080. The molecule has 8 nitrogen and oxygen atoms in total. The maximum Gasteiger partial charge on any atom is 0.270 e. The van der Waals surface area contributed by atoms with Crippen molar-refractivity contribution in [3.8, 4) is 0 Å². The molecule has 31 heavy (non-hydrogen) atoms. The number of rotatable bonds is 4. The average molecular weight is 487 g/mol. The first-order chi connectivity index (χ1) is 14.6. The molecular weight excluding hydrogens is 467 g/mol. The van der Waals surface area contributed by atoms with Gasteiger partial charge in [0.05, 0.1) is 18.0 Å². The van der Waals surface area contributed by atoms with E-state index in [0.29, 0.717) is 19.6 Å². The number of alkyl halides is 3. The number of aromatic nitrogens is 1. The van der Waals surface area contributed by atoms with E-state index < -0.39 is 20.8 Å². The molecule has 1 aromatic carbocycles. The molecule has 1 unspecified atom stereocenters. The zero-order valence-corrected chi connectivity index (χ0v) is 18.5. The predicted molar refractivity (Wildman–Crippen MR) is 117 cm³/mol. The third-order valence-corrected chi connectivity index (χ3v) is 6.60. The van der Waals surface area contributed by atoms with Gasteiger partial charge in [-0.05, 0) is 18.6 Å². The van der Waals surface area contributed by atoms with Crippen molar-refractivity contribution in [3.05, 3.63) is 74.2 Å². The first-order valence-corrected chi connectivity index (χ1v) is 10.9. The highest BCUT2D eigenvalue weighted by atomic mass is 35.6. The number of nitro groups is 1. The first-order valence-electron chi connectivity index (χ1n) is 9.80. The molecule has 1 amide bonds. The lowest BCUT2D eigenvalue weighted by atomic mass is 9.83. The lowest BCUT2D eigenvalue weighted by Gasteiger charge is -2.44. The molecule has 0 saturated carbocycles. The first kappa shape index (κ1) is 22.1. The van der Waals surface area contributed by atoms with Gasteiger partial charge >= 0.3 is 0 Å². The van der Waals surface area contributed by atoms with E-state index in [1.165, 1.54) is 24.3 Å². The van der Waals surface area contributed by atoms with Crippen molar-refractivity contribution in [1.82, 2.24) is 9.88 Å². The number of nitrogens with one attached hydrogen (secondary N) is 2. The van der Waals surface area contributed by atoms with E-state index in [-0.39, 0.29) is 28.6 Å². The van der Waals surface area contributed by atoms with Gasteiger partial charge in [-0.1, -0.05) is 46.9 Å². The maximum absolute atomic E-state index is 12.8. The highest BCUT2D eigenvalue weighted by Crippen LogP contribution is 2.33. The van der Waals surface area contributed by atoms with Crippen LogP contribution >= 0.6 is 34.8 Å². The Hall–Kier alpha value is -2.13. The monoisotopic (exact) mass is 485 g/mol. The number of pyridine rings is 1. The Morgan fingerprint density at radius 2 is 1.97 bits per heavy atom. The van der Waals surface area contributed by atoms with Crippen LogP contribution in [0.15, 0.2) is 47.3 Å². The number of quaternary nitrogens is 1. The molecule has 4 rings (SSSR count). The summed E-state index contributed by atoms with van der Waals surface area (Å²) in [6.45, 7) is 1.78. The van der Waals surface area contributed by atoms with Crippen molar-refractivity contribution in [3.63, 3.8) is 0 Å². The van der Waals surface area contributed by atoms with Crippen molar-refractivity contribution in [1.29, 1.82) is 0 Å². The summed E-state index contributed by atoms with van der Waals surface area (Å²) < 4.78 is 0.00927. The standard InChI is InChI=1S/C20H19Cl3N4O4/c21-20(22,23)19(24-18(29)13-3-1-4-15(8-13)27(30)31)25-9-12-7-14(11-25)16-5-2-6-17(28)26(16)10-12/h1-6,8,12,14,19H,7,9-11H2,(H,24,29)/p+1/t12-,14+,19-/m0/s1. The van der Waals surface area contributed by atoms with Crippen molar-refractivity contribution < 1.29 is 14.6 Å². The van der Waals surface area contributed by atoms with Crippen molar-refractivity contribution in [2.24, 2.45) is 5.92 Å². The van der Waals surface area contributed by atoms with Crippen LogP contribution in [0.4, 0.5) is 5.69 Å². The molecule has 0 radical (unpaired) electrons. The number of nitrogens with zero attached hydrogens (tertiary/aromatic N) is 2. The summed E-state index contributed by atoms with van der Waals surface area (Å²) in [5.74, 6) is -0.258. The van der Waals surface area contributed by atoms with Crippen LogP contribution in [-0.4, -0.2) is 38.4 Å². The molecule has 0 aliphatic carbocycles. The Morgan fingerprint density at radius 1 is 1.23 bits per heavy atom. The van der Waals surface area contributed by atoms with E-state index in [0.717, 1.165) is 17.0 Å². The lowest BCUT2D eigenvalue weighted by Crippen LogP contribution is -3.21. The lowest BCUT2D eigenvalue weighted by molar-refractivity contribution is -0.937. The number of hydrogen-bond donors (Lipinski definition) is 2. The topological polar surface area (TPSA) is 98.7 Å². The molecule has 4 atom stereocenters. The van der Waals surface area contributed by atoms with Gasteiger partial charge in [-0.2, -0.15) is 0 Å². The third-order valence-electron chi connectivity index (χ3n) is 5.95. The second kappa shape index (κ2) is 8.43. The summed E-state index contributed by atoms with van der Waals surface area (Å²) in [6, 6.07) is 10.6. The predicted octanol–water partition coefficient (Wildman–Crippen LogP) is 1.88. The average Bonchev–Trinajstić information content (AvgIpc) is 2.71. The summed E-state index contributed by atoms with van der Waals surface area (Å²) >= 11 is 18.8. The SMILES string of the molecule is O=C(N[C@@H]([NH+]1C[C@@H]2C[C@H](C1)c1cccc(=O)n1C2)C(Cl)(Cl)Cl)c1cccc([N+](=O)[O-])c1. The fourth-order valence-electron chi connectivity index (χ4n) is 4.68. The van der Waals surface area contributed by atoms with Crippen molar-refractivity contribution in [2.45, 2.75) is 28.8 Å². The van der Waals surface area contributed by atoms with E-state index in [1.54, 1.807) is 12.1 Å². The molecule has 2 aliphatic rings. The van der Waals surface area contributed by atoms with E-state index in [4.69, 9.17) is 34.8 Å². The molecule has 1 saturated heterocycles. The summed E-state index contributed by atoms with van der Waals surface area (Å²) in [4.78, 5) is 36.4. The van der Waals surface area contributed by atoms with Crippen LogP contribution in [0.5, 0.6) is 0 Å². The number of nitro benzene ring substituents is 1. The van der Waals surface area contributed by atoms with Gasteiger partial charge in [0.25, 0.3) is 20.9 Å². The number of carbonyl (C=O) groups is 1. The Morgan fingerprint density at radius 3 is 2.68 bits per heavy atom. The van der Waals surface area contributed by atoms with Gasteiger partial charge < -0.3 is 9.47 Å². The smallest absolute Gasteiger partial charge is 0.270 e. The number of benzene rings is 1. The number of amides is 1. The summed E-state index contributed by atoms with van der Waals surface area (Å²) in [7, 11) is 0. The summed E-state index contributed by atoms with van der Waals surface area (Å²) in [6.07, 6.45) is 0.0646. The fraction of sp³-hybridized carbons (Fsp3) is 0.400. The Kier molecular flexibility index (Phi) is 6.00. The van der Waals surface area contributed by atoms with Gasteiger partial charge in [0.1, 0.15) is 0 Å². The zero-order chi connectivity index (χ0) is 22.3. The highest BCUT2D eigenvalue weighted by molar-refractivity contribution is 6.68. The van der Waals surface area contributed by atoms with Gasteiger partial charge in [-0.15, -0.1) is 0 Å². The molecule has 2 aliphatic heterocycles. The van der Waals surface area contributed by atoms with Crippen LogP contribution in [0, 0.1) is 16.0 Å². The number of carbonyl (C=O) groups excluding carboxylic acids is 1. The van der Waals surface area contributed by atoms with Gasteiger partial charge in [0.2, 0.25) is 6.17 Å². The normalized spacial score (nSPS) is 23.5. The number of non-ortho nitro benzene ring substituents is 1. The minimum Gasteiger partial charge on any atom is -0.312 e. The van der Waals surface area contributed by atoms with Crippen LogP contribution in [0.1, 0.15) is 28.4 Å². The largest absolute Gasteiger partial charge is 0.312 e. The van der Waals surface area contributed by atoms with Crippen LogP contribution in [0.3, 0.4) is 0 Å². The van der Waals surface area contributed by atoms with Crippen molar-refractivity contribution in [2.75, 3.05) is 13.1 Å².